The zero-order valence-electron chi connectivity index (χ0n) is 10.7. The van der Waals surface area contributed by atoms with Gasteiger partial charge in [0.1, 0.15) is 10.6 Å². The van der Waals surface area contributed by atoms with Gasteiger partial charge >= 0.3 is 5.97 Å². The first kappa shape index (κ1) is 14.7. The minimum absolute atomic E-state index is 0.00334. The van der Waals surface area contributed by atoms with E-state index in [9.17, 15) is 13.2 Å². The van der Waals surface area contributed by atoms with Gasteiger partial charge in [-0.3, -0.25) is 0 Å². The van der Waals surface area contributed by atoms with Gasteiger partial charge in [-0.25, -0.2) is 22.9 Å². The second-order valence-electron chi connectivity index (χ2n) is 3.74. The highest BCUT2D eigenvalue weighted by Gasteiger charge is 2.22. The molecule has 0 atom stereocenters. The number of carboxylic acid groups (broad SMARTS) is 1. The van der Waals surface area contributed by atoms with Crippen LogP contribution in [-0.2, 0) is 10.0 Å². The summed E-state index contributed by atoms with van der Waals surface area (Å²) in [6.45, 7) is 0. The first-order valence-electron chi connectivity index (χ1n) is 5.52. The summed E-state index contributed by atoms with van der Waals surface area (Å²) in [5, 5.41) is 15.9. The molecule has 0 fully saturated rings. The highest BCUT2D eigenvalue weighted by Crippen LogP contribution is 2.26. The average molecular weight is 310 g/mol. The number of methoxy groups -OCH3 is 1. The van der Waals surface area contributed by atoms with Crippen LogP contribution in [0.1, 0.15) is 10.4 Å². The van der Waals surface area contributed by atoms with Crippen LogP contribution in [-0.4, -0.2) is 41.8 Å². The first-order valence-corrected chi connectivity index (χ1v) is 7.00. The first-order chi connectivity index (χ1) is 9.94. The largest absolute Gasteiger partial charge is 0.495 e. The van der Waals surface area contributed by atoms with Crippen LogP contribution in [0.15, 0.2) is 35.5 Å². The number of carbonyl (C=O) groups is 1. The van der Waals surface area contributed by atoms with Crippen LogP contribution in [0.5, 0.6) is 5.75 Å². The minimum Gasteiger partial charge on any atom is -0.495 e. The molecule has 110 valence electrons. The Hall–Kier alpha value is -2.75. The fourth-order valence-corrected chi connectivity index (χ4v) is 2.63. The third-order valence-corrected chi connectivity index (χ3v) is 3.76. The Labute approximate surface area is 119 Å². The zero-order valence-corrected chi connectivity index (χ0v) is 11.5. The van der Waals surface area contributed by atoms with Crippen molar-refractivity contribution >= 4 is 21.9 Å². The van der Waals surface area contributed by atoms with E-state index in [0.717, 1.165) is 6.07 Å². The maximum atomic E-state index is 12.3. The van der Waals surface area contributed by atoms with E-state index < -0.39 is 16.0 Å². The van der Waals surface area contributed by atoms with Crippen LogP contribution in [0.2, 0.25) is 0 Å². The number of hydrogen-bond acceptors (Lipinski definition) is 7. The number of nitrogens with zero attached hydrogens (tertiary/aromatic N) is 3. The van der Waals surface area contributed by atoms with Gasteiger partial charge in [0, 0.05) is 0 Å². The predicted molar refractivity (Wildman–Crippen MR) is 70.6 cm³/mol. The molecule has 0 bridgehead atoms. The van der Waals surface area contributed by atoms with Crippen LogP contribution < -0.4 is 9.46 Å². The van der Waals surface area contributed by atoms with Crippen molar-refractivity contribution in [3.05, 3.63) is 36.2 Å². The molecule has 0 unspecified atom stereocenters. The van der Waals surface area contributed by atoms with Crippen molar-refractivity contribution in [1.29, 1.82) is 0 Å². The summed E-state index contributed by atoms with van der Waals surface area (Å²) < 4.78 is 31.6. The van der Waals surface area contributed by atoms with Gasteiger partial charge in [-0.05, 0) is 18.2 Å². The number of benzene rings is 1. The van der Waals surface area contributed by atoms with Gasteiger partial charge in [-0.15, -0.1) is 5.10 Å². The number of aromatic nitrogens is 3. The van der Waals surface area contributed by atoms with Crippen molar-refractivity contribution in [1.82, 2.24) is 15.2 Å². The highest BCUT2D eigenvalue weighted by molar-refractivity contribution is 7.92. The Balaban J connectivity index is 2.48. The number of aromatic carboxylic acids is 1. The summed E-state index contributed by atoms with van der Waals surface area (Å²) in [6, 6.07) is 3.47. The van der Waals surface area contributed by atoms with Gasteiger partial charge in [0.05, 0.1) is 25.1 Å². The standard InChI is InChI=1S/C11H10N4O5S/c1-20-8-3-2-7(10(16)17)6-9(8)21(18,19)15-11-12-4-5-13-14-11/h2-6H,1H3,(H,16,17)(H,12,14,15). The van der Waals surface area contributed by atoms with Crippen molar-refractivity contribution < 1.29 is 23.1 Å². The van der Waals surface area contributed by atoms with Crippen molar-refractivity contribution in [2.24, 2.45) is 0 Å². The van der Waals surface area contributed by atoms with E-state index in [0.29, 0.717) is 0 Å². The fraction of sp³-hybridized carbons (Fsp3) is 0.0909. The van der Waals surface area contributed by atoms with Crippen molar-refractivity contribution in [3.63, 3.8) is 0 Å². The fourth-order valence-electron chi connectivity index (χ4n) is 1.49. The van der Waals surface area contributed by atoms with Gasteiger partial charge in [-0.2, -0.15) is 5.10 Å². The molecule has 0 aliphatic rings. The van der Waals surface area contributed by atoms with Crippen LogP contribution in [0.3, 0.4) is 0 Å². The molecule has 0 aliphatic carbocycles. The highest BCUT2D eigenvalue weighted by atomic mass is 32.2. The van der Waals surface area contributed by atoms with E-state index in [1.807, 2.05) is 0 Å². The van der Waals surface area contributed by atoms with E-state index in [4.69, 9.17) is 9.84 Å². The van der Waals surface area contributed by atoms with Crippen molar-refractivity contribution in [2.45, 2.75) is 4.90 Å². The normalized spacial score (nSPS) is 10.9. The monoisotopic (exact) mass is 310 g/mol. The molecule has 10 heteroatoms. The second kappa shape index (κ2) is 5.71. The molecule has 0 saturated carbocycles. The maximum absolute atomic E-state index is 12.3. The number of hydrogen-bond donors (Lipinski definition) is 2. The van der Waals surface area contributed by atoms with E-state index in [1.165, 1.54) is 31.6 Å². The number of nitrogens with one attached hydrogen (secondary N) is 1. The molecular weight excluding hydrogens is 300 g/mol. The molecule has 9 nitrogen and oxygen atoms in total. The zero-order chi connectivity index (χ0) is 15.5. The summed E-state index contributed by atoms with van der Waals surface area (Å²) in [5.74, 6) is -1.50. The molecule has 0 amide bonds. The Morgan fingerprint density at radius 1 is 1.33 bits per heavy atom. The smallest absolute Gasteiger partial charge is 0.335 e. The molecule has 0 aliphatic heterocycles. The number of anilines is 1. The molecule has 2 rings (SSSR count). The maximum Gasteiger partial charge on any atom is 0.335 e. The molecule has 0 radical (unpaired) electrons. The van der Waals surface area contributed by atoms with E-state index >= 15 is 0 Å². The quantitative estimate of drug-likeness (QED) is 0.810. The average Bonchev–Trinajstić information content (AvgIpc) is 2.47. The van der Waals surface area contributed by atoms with Gasteiger partial charge in [-0.1, -0.05) is 0 Å². The topological polar surface area (TPSA) is 131 Å². The third kappa shape index (κ3) is 3.23. The van der Waals surface area contributed by atoms with Crippen LogP contribution in [0.4, 0.5) is 5.95 Å². The van der Waals surface area contributed by atoms with E-state index in [2.05, 4.69) is 19.9 Å². The van der Waals surface area contributed by atoms with Gasteiger partial charge < -0.3 is 9.84 Å². The summed E-state index contributed by atoms with van der Waals surface area (Å²) in [7, 11) is -2.84. The molecular formula is C11H10N4O5S. The van der Waals surface area contributed by atoms with Gasteiger partial charge in [0.2, 0.25) is 0 Å². The van der Waals surface area contributed by atoms with Crippen LogP contribution in [0.25, 0.3) is 0 Å². The second-order valence-corrected chi connectivity index (χ2v) is 5.39. The van der Waals surface area contributed by atoms with E-state index in [-0.39, 0.29) is 22.2 Å². The molecule has 0 spiro atoms. The van der Waals surface area contributed by atoms with Crippen molar-refractivity contribution in [2.75, 3.05) is 11.8 Å². The minimum atomic E-state index is -4.12. The Morgan fingerprint density at radius 3 is 2.67 bits per heavy atom. The Kier molecular flexibility index (Phi) is 3.98. The molecule has 0 saturated heterocycles. The predicted octanol–water partition coefficient (Wildman–Crippen LogP) is 0.379. The lowest BCUT2D eigenvalue weighted by atomic mass is 10.2. The molecule has 21 heavy (non-hydrogen) atoms. The molecule has 2 N–H and O–H groups in total. The van der Waals surface area contributed by atoms with Gasteiger partial charge in [0.15, 0.2) is 0 Å². The lowest BCUT2D eigenvalue weighted by Gasteiger charge is -2.10. The summed E-state index contributed by atoms with van der Waals surface area (Å²) in [4.78, 5) is 14.3. The van der Waals surface area contributed by atoms with Crippen LogP contribution in [0, 0.1) is 0 Å². The molecule has 2 aromatic rings. The number of ether oxygens (including phenoxy) is 1. The molecule has 1 aromatic heterocycles. The lowest BCUT2D eigenvalue weighted by molar-refractivity contribution is 0.0696. The third-order valence-electron chi connectivity index (χ3n) is 2.41. The summed E-state index contributed by atoms with van der Waals surface area (Å²) in [5.41, 5.74) is -0.191. The Morgan fingerprint density at radius 2 is 2.10 bits per heavy atom. The number of carboxylic acids is 1. The lowest BCUT2D eigenvalue weighted by Crippen LogP contribution is -2.17. The molecule has 1 heterocycles. The molecule has 1 aromatic carbocycles. The Bertz CT molecular complexity index is 763. The van der Waals surface area contributed by atoms with Crippen LogP contribution >= 0.6 is 0 Å². The number of rotatable bonds is 5. The number of sulfonamides is 1. The van der Waals surface area contributed by atoms with Crippen molar-refractivity contribution in [3.8, 4) is 5.75 Å². The van der Waals surface area contributed by atoms with Gasteiger partial charge in [0.25, 0.3) is 16.0 Å². The summed E-state index contributed by atoms with van der Waals surface area (Å²) in [6.07, 6.45) is 2.54. The van der Waals surface area contributed by atoms with E-state index in [1.54, 1.807) is 0 Å². The summed E-state index contributed by atoms with van der Waals surface area (Å²) >= 11 is 0. The SMILES string of the molecule is COc1ccc(C(=O)O)cc1S(=O)(=O)Nc1nccnn1.